The van der Waals surface area contributed by atoms with Gasteiger partial charge in [0.05, 0.1) is 42.7 Å². The standard InChI is InChI=1S/C8H11BO5.C8H9BrO3.C8H10O3.3CH4/c1-13-6-3-5(9(11)12)4-7(14-2)8(6)10;1-11-6-3-5(9)4-7(12-2)8(6)10;1-10-6-4-3-5-7(11-2)8(6)9;;;/h3-4,10-12H,1-2H3;3-4,10H,1-2H3;3-5,9H,1-2H3;3*1H4. The number of hydrogen-bond acceptors (Lipinski definition) is 11. The third-order valence-electron chi connectivity index (χ3n) is 4.65. The first-order chi connectivity index (χ1) is 17.6. The molecule has 0 unspecified atom stereocenters. The minimum atomic E-state index is -1.63. The van der Waals surface area contributed by atoms with E-state index in [1.807, 2.05) is 0 Å². The van der Waals surface area contributed by atoms with Crippen LogP contribution < -0.4 is 33.9 Å². The molecular formula is C27H42BBrO11. The molecule has 226 valence electrons. The van der Waals surface area contributed by atoms with Crippen molar-refractivity contribution in [2.75, 3.05) is 42.7 Å². The number of phenols is 3. The van der Waals surface area contributed by atoms with Crippen LogP contribution in [0.5, 0.6) is 51.7 Å². The van der Waals surface area contributed by atoms with E-state index in [0.29, 0.717) is 23.0 Å². The van der Waals surface area contributed by atoms with Gasteiger partial charge in [-0.05, 0) is 41.9 Å². The van der Waals surface area contributed by atoms with E-state index in [0.717, 1.165) is 4.47 Å². The van der Waals surface area contributed by atoms with Crippen molar-refractivity contribution in [3.05, 3.63) is 46.9 Å². The molecule has 0 aliphatic heterocycles. The Bertz CT molecular complexity index is 1070. The summed E-state index contributed by atoms with van der Waals surface area (Å²) in [4.78, 5) is 0. The molecule has 0 atom stereocenters. The minimum Gasteiger partial charge on any atom is -0.502 e. The highest BCUT2D eigenvalue weighted by atomic mass is 79.9. The van der Waals surface area contributed by atoms with E-state index in [-0.39, 0.29) is 56.5 Å². The van der Waals surface area contributed by atoms with Crippen molar-refractivity contribution in [2.45, 2.75) is 22.3 Å². The predicted molar refractivity (Wildman–Crippen MR) is 161 cm³/mol. The number of hydrogen-bond donors (Lipinski definition) is 5. The third kappa shape index (κ3) is 11.2. The summed E-state index contributed by atoms with van der Waals surface area (Å²) in [7, 11) is 7.06. The van der Waals surface area contributed by atoms with Crippen LogP contribution in [0.1, 0.15) is 22.3 Å². The molecule has 11 nitrogen and oxygen atoms in total. The number of ether oxygens (including phenoxy) is 6. The van der Waals surface area contributed by atoms with E-state index in [2.05, 4.69) is 15.9 Å². The summed E-state index contributed by atoms with van der Waals surface area (Å²) in [6.07, 6.45) is 0. The molecule has 3 aromatic carbocycles. The van der Waals surface area contributed by atoms with Crippen molar-refractivity contribution in [2.24, 2.45) is 0 Å². The molecule has 0 amide bonds. The number of phenolic OH excluding ortho intramolecular Hbond substituents is 3. The molecule has 0 aliphatic rings. The number of methoxy groups -OCH3 is 6. The Morgan fingerprint density at radius 2 is 0.800 bits per heavy atom. The quantitative estimate of drug-likeness (QED) is 0.232. The van der Waals surface area contributed by atoms with Crippen molar-refractivity contribution in [1.82, 2.24) is 0 Å². The van der Waals surface area contributed by atoms with Gasteiger partial charge in [0, 0.05) is 4.47 Å². The molecule has 13 heteroatoms. The van der Waals surface area contributed by atoms with Gasteiger partial charge in [0.2, 0.25) is 17.2 Å². The van der Waals surface area contributed by atoms with Gasteiger partial charge in [-0.25, -0.2) is 0 Å². The number of aromatic hydroxyl groups is 3. The van der Waals surface area contributed by atoms with Crippen LogP contribution in [0.3, 0.4) is 0 Å². The highest BCUT2D eigenvalue weighted by molar-refractivity contribution is 9.10. The van der Waals surface area contributed by atoms with Crippen molar-refractivity contribution >= 4 is 28.5 Å². The predicted octanol–water partition coefficient (Wildman–Crippen LogP) is 4.58. The second kappa shape index (κ2) is 20.3. The molecule has 0 saturated heterocycles. The molecule has 0 spiro atoms. The van der Waals surface area contributed by atoms with Gasteiger partial charge in [-0.1, -0.05) is 44.3 Å². The number of rotatable bonds is 7. The van der Waals surface area contributed by atoms with Crippen LogP contribution in [0.15, 0.2) is 46.9 Å². The lowest BCUT2D eigenvalue weighted by Gasteiger charge is -2.10. The lowest BCUT2D eigenvalue weighted by molar-refractivity contribution is 0.339. The summed E-state index contributed by atoms with van der Waals surface area (Å²) in [5, 5.41) is 46.1. The molecule has 3 aromatic rings. The van der Waals surface area contributed by atoms with Gasteiger partial charge >= 0.3 is 7.12 Å². The van der Waals surface area contributed by atoms with E-state index in [1.54, 1.807) is 30.3 Å². The summed E-state index contributed by atoms with van der Waals surface area (Å²) >= 11 is 3.26. The molecule has 0 aromatic heterocycles. The van der Waals surface area contributed by atoms with E-state index in [1.165, 1.54) is 54.8 Å². The molecule has 3 rings (SSSR count). The fourth-order valence-electron chi connectivity index (χ4n) is 2.76. The van der Waals surface area contributed by atoms with Gasteiger partial charge in [0.1, 0.15) is 0 Å². The van der Waals surface area contributed by atoms with Crippen molar-refractivity contribution in [3.63, 3.8) is 0 Å². The van der Waals surface area contributed by atoms with Crippen LogP contribution in [-0.4, -0.2) is 75.1 Å². The van der Waals surface area contributed by atoms with E-state index in [4.69, 9.17) is 38.5 Å². The largest absolute Gasteiger partial charge is 0.502 e. The number of halogens is 1. The monoisotopic (exact) mass is 632 g/mol. The van der Waals surface area contributed by atoms with Crippen LogP contribution in [0, 0.1) is 0 Å². The number of benzene rings is 3. The molecule has 0 radical (unpaired) electrons. The molecule has 0 saturated carbocycles. The Balaban J connectivity index is -0.000000498. The van der Waals surface area contributed by atoms with Crippen LogP contribution in [-0.2, 0) is 0 Å². The summed E-state index contributed by atoms with van der Waals surface area (Å²) in [5.74, 6) is 1.77. The maximum atomic E-state index is 9.48. The number of para-hydroxylation sites is 1. The third-order valence-corrected chi connectivity index (χ3v) is 5.10. The average Bonchev–Trinajstić information content (AvgIpc) is 2.90. The van der Waals surface area contributed by atoms with Gasteiger partial charge in [-0.3, -0.25) is 0 Å². The maximum absolute atomic E-state index is 9.48. The Morgan fingerprint density at radius 1 is 0.525 bits per heavy atom. The van der Waals surface area contributed by atoms with Crippen LogP contribution in [0.2, 0.25) is 0 Å². The minimum absolute atomic E-state index is 0. The van der Waals surface area contributed by atoms with Crippen LogP contribution in [0.25, 0.3) is 0 Å². The smallest absolute Gasteiger partial charge is 0.488 e. The van der Waals surface area contributed by atoms with Crippen LogP contribution in [0.4, 0.5) is 0 Å². The summed E-state index contributed by atoms with van der Waals surface area (Å²) < 4.78 is 30.0. The topological polar surface area (TPSA) is 157 Å². The highest BCUT2D eigenvalue weighted by Crippen LogP contribution is 2.38. The van der Waals surface area contributed by atoms with Crippen molar-refractivity contribution in [3.8, 4) is 51.7 Å². The first-order valence-electron chi connectivity index (χ1n) is 10.4. The van der Waals surface area contributed by atoms with Crippen molar-refractivity contribution in [1.29, 1.82) is 0 Å². The average molecular weight is 633 g/mol. The first kappa shape index (κ1) is 40.8. The lowest BCUT2D eigenvalue weighted by atomic mass is 9.80. The van der Waals surface area contributed by atoms with Gasteiger partial charge in [-0.15, -0.1) is 0 Å². The molecule has 0 aliphatic carbocycles. The Kier molecular flexibility index (Phi) is 20.7. The zero-order valence-corrected chi connectivity index (χ0v) is 22.8. The van der Waals surface area contributed by atoms with Gasteiger partial charge < -0.3 is 53.8 Å². The zero-order valence-electron chi connectivity index (χ0n) is 21.2. The molecule has 40 heavy (non-hydrogen) atoms. The van der Waals surface area contributed by atoms with E-state index in [9.17, 15) is 15.3 Å². The maximum Gasteiger partial charge on any atom is 0.488 e. The normalized spacial score (nSPS) is 8.82. The van der Waals surface area contributed by atoms with E-state index < -0.39 is 7.12 Å². The Labute approximate surface area is 245 Å². The fraction of sp³-hybridized carbons (Fsp3) is 0.333. The zero-order chi connectivity index (χ0) is 28.1. The van der Waals surface area contributed by atoms with Gasteiger partial charge in [-0.2, -0.15) is 0 Å². The molecule has 0 bridgehead atoms. The van der Waals surface area contributed by atoms with E-state index >= 15 is 0 Å². The first-order valence-corrected chi connectivity index (χ1v) is 11.2. The fourth-order valence-corrected chi connectivity index (χ4v) is 3.17. The Morgan fingerprint density at radius 3 is 1.07 bits per heavy atom. The highest BCUT2D eigenvalue weighted by Gasteiger charge is 2.18. The lowest BCUT2D eigenvalue weighted by Crippen LogP contribution is -2.29. The van der Waals surface area contributed by atoms with Crippen LogP contribution >= 0.6 is 15.9 Å². The summed E-state index contributed by atoms with van der Waals surface area (Å²) in [6, 6.07) is 11.0. The second-order valence-corrected chi connectivity index (χ2v) is 7.73. The molecule has 5 N–H and O–H groups in total. The Hall–Kier alpha value is -3.68. The van der Waals surface area contributed by atoms with Gasteiger partial charge in [0.15, 0.2) is 34.5 Å². The molecular weight excluding hydrogens is 591 g/mol. The summed E-state index contributed by atoms with van der Waals surface area (Å²) in [5.41, 5.74) is 0.191. The second-order valence-electron chi connectivity index (χ2n) is 6.82. The van der Waals surface area contributed by atoms with Gasteiger partial charge in [0.25, 0.3) is 0 Å². The molecule has 0 fully saturated rings. The summed E-state index contributed by atoms with van der Waals surface area (Å²) in [6.45, 7) is 0. The SMILES string of the molecule is C.C.C.COc1cc(B(O)O)cc(OC)c1O.COc1cc(Br)cc(OC)c1O.COc1cccc(OC)c1O. The molecule has 0 heterocycles. The van der Waals surface area contributed by atoms with Crippen molar-refractivity contribution < 1.29 is 53.8 Å².